The van der Waals surface area contributed by atoms with Gasteiger partial charge in [0.15, 0.2) is 0 Å². The predicted molar refractivity (Wildman–Crippen MR) is 99.9 cm³/mol. The Kier molecular flexibility index (Phi) is 4.21. The second kappa shape index (κ2) is 6.67. The number of carbonyl (C=O) groups is 1. The van der Waals surface area contributed by atoms with Crippen LogP contribution < -0.4 is 4.74 Å². The first kappa shape index (κ1) is 16.4. The van der Waals surface area contributed by atoms with Gasteiger partial charge in [-0.05, 0) is 42.8 Å². The lowest BCUT2D eigenvalue weighted by atomic mass is 10.0. The van der Waals surface area contributed by atoms with Crippen molar-refractivity contribution in [1.82, 2.24) is 14.5 Å². The smallest absolute Gasteiger partial charge is 0.271 e. The molecule has 5 nitrogen and oxygen atoms in total. The van der Waals surface area contributed by atoms with Gasteiger partial charge in [0.25, 0.3) is 5.91 Å². The van der Waals surface area contributed by atoms with Crippen molar-refractivity contribution in [3.05, 3.63) is 72.3 Å². The SMILES string of the molecule is CC1COc2ccc(-c3cccnc3)cc2CN1C(=O)c1cccn1C. The van der Waals surface area contributed by atoms with Crippen LogP contribution in [0.15, 0.2) is 61.1 Å². The van der Waals surface area contributed by atoms with Gasteiger partial charge < -0.3 is 14.2 Å². The molecule has 1 aliphatic heterocycles. The summed E-state index contributed by atoms with van der Waals surface area (Å²) in [5, 5.41) is 0. The number of hydrogen-bond donors (Lipinski definition) is 0. The second-order valence-electron chi connectivity index (χ2n) is 6.66. The number of pyridine rings is 1. The Bertz CT molecular complexity index is 933. The molecule has 1 amide bonds. The molecule has 3 aromatic rings. The molecule has 0 saturated heterocycles. The number of fused-ring (bicyclic) bond motifs is 1. The van der Waals surface area contributed by atoms with Crippen molar-refractivity contribution >= 4 is 5.91 Å². The van der Waals surface area contributed by atoms with Crippen LogP contribution in [0.1, 0.15) is 23.0 Å². The third kappa shape index (κ3) is 2.96. The van der Waals surface area contributed by atoms with Crippen LogP contribution in [-0.2, 0) is 13.6 Å². The van der Waals surface area contributed by atoms with E-state index in [0.717, 1.165) is 22.4 Å². The molecule has 1 unspecified atom stereocenters. The van der Waals surface area contributed by atoms with E-state index in [-0.39, 0.29) is 11.9 Å². The number of benzene rings is 1. The standard InChI is InChI=1S/C21H21N3O2/c1-15-14-26-20-8-7-16(17-5-3-9-22-12-17)11-18(20)13-24(15)21(25)19-6-4-10-23(19)2/h3-12,15H,13-14H2,1-2H3. The van der Waals surface area contributed by atoms with Crippen LogP contribution in [0.3, 0.4) is 0 Å². The Labute approximate surface area is 152 Å². The summed E-state index contributed by atoms with van der Waals surface area (Å²) >= 11 is 0. The average Bonchev–Trinajstić information content (AvgIpc) is 3.03. The summed E-state index contributed by atoms with van der Waals surface area (Å²) in [5.41, 5.74) is 3.82. The molecule has 3 heterocycles. The average molecular weight is 347 g/mol. The fraction of sp³-hybridized carbons (Fsp3) is 0.238. The zero-order valence-corrected chi connectivity index (χ0v) is 14.9. The number of ether oxygens (including phenoxy) is 1. The highest BCUT2D eigenvalue weighted by Crippen LogP contribution is 2.30. The molecule has 0 bridgehead atoms. The van der Waals surface area contributed by atoms with E-state index < -0.39 is 0 Å². The fourth-order valence-corrected chi connectivity index (χ4v) is 3.30. The van der Waals surface area contributed by atoms with Gasteiger partial charge in [0, 0.05) is 36.8 Å². The van der Waals surface area contributed by atoms with Crippen LogP contribution in [0.2, 0.25) is 0 Å². The van der Waals surface area contributed by atoms with Crippen molar-refractivity contribution in [2.24, 2.45) is 7.05 Å². The van der Waals surface area contributed by atoms with E-state index in [1.807, 2.05) is 72.2 Å². The minimum Gasteiger partial charge on any atom is -0.491 e. The molecule has 4 rings (SSSR count). The lowest BCUT2D eigenvalue weighted by Crippen LogP contribution is -2.40. The summed E-state index contributed by atoms with van der Waals surface area (Å²) in [6.45, 7) is 3.03. The second-order valence-corrected chi connectivity index (χ2v) is 6.66. The Morgan fingerprint density at radius 2 is 2.08 bits per heavy atom. The third-order valence-electron chi connectivity index (χ3n) is 4.83. The molecule has 1 aromatic carbocycles. The Morgan fingerprint density at radius 3 is 2.81 bits per heavy atom. The third-order valence-corrected chi connectivity index (χ3v) is 4.83. The van der Waals surface area contributed by atoms with Crippen LogP contribution in [0, 0.1) is 0 Å². The minimum absolute atomic E-state index is 0.00774. The molecule has 1 atom stereocenters. The maximum Gasteiger partial charge on any atom is 0.271 e. The first-order chi connectivity index (χ1) is 12.6. The predicted octanol–water partition coefficient (Wildman–Crippen LogP) is 3.51. The van der Waals surface area contributed by atoms with Gasteiger partial charge in [0.2, 0.25) is 0 Å². The monoisotopic (exact) mass is 347 g/mol. The van der Waals surface area contributed by atoms with Crippen molar-refractivity contribution < 1.29 is 9.53 Å². The van der Waals surface area contributed by atoms with E-state index in [0.29, 0.717) is 18.8 Å². The van der Waals surface area contributed by atoms with Crippen LogP contribution in [-0.4, -0.2) is 33.0 Å². The molecule has 0 spiro atoms. The van der Waals surface area contributed by atoms with Gasteiger partial charge in [-0.25, -0.2) is 0 Å². The van der Waals surface area contributed by atoms with Gasteiger partial charge in [-0.1, -0.05) is 12.1 Å². The van der Waals surface area contributed by atoms with Crippen molar-refractivity contribution in [1.29, 1.82) is 0 Å². The van der Waals surface area contributed by atoms with Gasteiger partial charge in [0.05, 0.1) is 12.6 Å². The molecule has 5 heteroatoms. The maximum absolute atomic E-state index is 13.0. The number of amides is 1. The quantitative estimate of drug-likeness (QED) is 0.713. The van der Waals surface area contributed by atoms with E-state index in [9.17, 15) is 4.79 Å². The highest BCUT2D eigenvalue weighted by Gasteiger charge is 2.27. The van der Waals surface area contributed by atoms with Crippen molar-refractivity contribution in [2.75, 3.05) is 6.61 Å². The molecule has 132 valence electrons. The lowest BCUT2D eigenvalue weighted by Gasteiger charge is -2.26. The molecule has 0 saturated carbocycles. The van der Waals surface area contributed by atoms with E-state index in [1.165, 1.54) is 0 Å². The summed E-state index contributed by atoms with van der Waals surface area (Å²) in [7, 11) is 1.89. The summed E-state index contributed by atoms with van der Waals surface area (Å²) < 4.78 is 7.82. The van der Waals surface area contributed by atoms with E-state index in [4.69, 9.17) is 4.74 Å². The minimum atomic E-state index is -0.00774. The summed E-state index contributed by atoms with van der Waals surface area (Å²) in [6.07, 6.45) is 5.49. The van der Waals surface area contributed by atoms with Crippen LogP contribution in [0.5, 0.6) is 5.75 Å². The number of carbonyl (C=O) groups excluding carboxylic acids is 1. The topological polar surface area (TPSA) is 47.4 Å². The van der Waals surface area contributed by atoms with E-state index in [2.05, 4.69) is 11.1 Å². The van der Waals surface area contributed by atoms with Crippen LogP contribution in [0.25, 0.3) is 11.1 Å². The first-order valence-electron chi connectivity index (χ1n) is 8.72. The summed E-state index contributed by atoms with van der Waals surface area (Å²) in [4.78, 5) is 19.1. The van der Waals surface area contributed by atoms with Crippen molar-refractivity contribution in [2.45, 2.75) is 19.5 Å². The molecule has 2 aromatic heterocycles. The largest absolute Gasteiger partial charge is 0.491 e. The maximum atomic E-state index is 13.0. The van der Waals surface area contributed by atoms with Crippen molar-refractivity contribution in [3.63, 3.8) is 0 Å². The highest BCUT2D eigenvalue weighted by molar-refractivity contribution is 5.93. The first-order valence-corrected chi connectivity index (χ1v) is 8.72. The number of hydrogen-bond acceptors (Lipinski definition) is 3. The zero-order chi connectivity index (χ0) is 18.1. The van der Waals surface area contributed by atoms with Crippen LogP contribution >= 0.6 is 0 Å². The zero-order valence-electron chi connectivity index (χ0n) is 14.9. The normalized spacial score (nSPS) is 16.5. The van der Waals surface area contributed by atoms with Crippen LogP contribution in [0.4, 0.5) is 0 Å². The Hall–Kier alpha value is -3.08. The molecule has 0 radical (unpaired) electrons. The molecular formula is C21H21N3O2. The van der Waals surface area contributed by atoms with E-state index >= 15 is 0 Å². The number of rotatable bonds is 2. The van der Waals surface area contributed by atoms with E-state index in [1.54, 1.807) is 6.20 Å². The Balaban J connectivity index is 1.69. The van der Waals surface area contributed by atoms with Gasteiger partial charge in [0.1, 0.15) is 18.1 Å². The molecule has 0 fully saturated rings. The summed E-state index contributed by atoms with van der Waals surface area (Å²) in [6, 6.07) is 13.8. The fourth-order valence-electron chi connectivity index (χ4n) is 3.30. The molecule has 0 N–H and O–H groups in total. The lowest BCUT2D eigenvalue weighted by molar-refractivity contribution is 0.0635. The van der Waals surface area contributed by atoms with Gasteiger partial charge in [-0.15, -0.1) is 0 Å². The van der Waals surface area contributed by atoms with Gasteiger partial charge >= 0.3 is 0 Å². The van der Waals surface area contributed by atoms with Crippen molar-refractivity contribution in [3.8, 4) is 16.9 Å². The molecule has 0 aliphatic carbocycles. The molecule has 26 heavy (non-hydrogen) atoms. The van der Waals surface area contributed by atoms with Gasteiger partial charge in [-0.3, -0.25) is 9.78 Å². The number of aromatic nitrogens is 2. The highest BCUT2D eigenvalue weighted by atomic mass is 16.5. The van der Waals surface area contributed by atoms with Gasteiger partial charge in [-0.2, -0.15) is 0 Å². The molecule has 1 aliphatic rings. The molecular weight excluding hydrogens is 326 g/mol. The Morgan fingerprint density at radius 1 is 1.19 bits per heavy atom. The number of nitrogens with zero attached hydrogens (tertiary/aromatic N) is 3. The summed E-state index contributed by atoms with van der Waals surface area (Å²) in [5.74, 6) is 0.861. The number of aryl methyl sites for hydroxylation is 1.